The molecule has 1 aliphatic carbocycles. The molecule has 0 spiro atoms. The van der Waals surface area contributed by atoms with Crippen LogP contribution >= 0.6 is 23.4 Å². The highest BCUT2D eigenvalue weighted by molar-refractivity contribution is 8.00. The third kappa shape index (κ3) is 4.23. The fraction of sp³-hybridized carbons (Fsp3) is 0.438. The lowest BCUT2D eigenvalue weighted by atomic mass is 10.1. The molecule has 2 nitrogen and oxygen atoms in total. The summed E-state index contributed by atoms with van der Waals surface area (Å²) < 4.78 is 41.8. The third-order valence-corrected chi connectivity index (χ3v) is 5.10. The van der Waals surface area contributed by atoms with Gasteiger partial charge in [-0.1, -0.05) is 43.7 Å². The van der Waals surface area contributed by atoms with Crippen LogP contribution in [0.1, 0.15) is 19.4 Å². The molecule has 0 heterocycles. The fourth-order valence-electron chi connectivity index (χ4n) is 2.66. The summed E-state index contributed by atoms with van der Waals surface area (Å²) in [7, 11) is 1.35. The van der Waals surface area contributed by atoms with E-state index in [1.807, 2.05) is 19.9 Å². The summed E-state index contributed by atoms with van der Waals surface area (Å²) in [5, 5.41) is 0.239. The Bertz CT molecular complexity index is 641. The van der Waals surface area contributed by atoms with Gasteiger partial charge in [0.1, 0.15) is 0 Å². The summed E-state index contributed by atoms with van der Waals surface area (Å²) in [5.74, 6) is -0.439. The van der Waals surface area contributed by atoms with Crippen LogP contribution in [0.2, 0.25) is 5.02 Å². The first-order valence-corrected chi connectivity index (χ1v) is 8.07. The van der Waals surface area contributed by atoms with Crippen molar-refractivity contribution < 1.29 is 22.7 Å². The molecule has 0 aliphatic heterocycles. The second-order valence-corrected chi connectivity index (χ2v) is 7.48. The van der Waals surface area contributed by atoms with Gasteiger partial charge < -0.3 is 4.74 Å². The van der Waals surface area contributed by atoms with E-state index in [1.54, 1.807) is 6.08 Å². The van der Waals surface area contributed by atoms with Crippen LogP contribution in [0.3, 0.4) is 0 Å². The molecule has 1 aromatic carbocycles. The molecule has 0 amide bonds. The van der Waals surface area contributed by atoms with Crippen LogP contribution in [0.5, 0.6) is 0 Å². The Balaban J connectivity index is 2.11. The van der Waals surface area contributed by atoms with Crippen molar-refractivity contribution >= 4 is 35.4 Å². The number of methoxy groups -OCH3 is 1. The Kier molecular flexibility index (Phi) is 5.06. The zero-order valence-corrected chi connectivity index (χ0v) is 14.4. The molecule has 1 fully saturated rings. The standard InChI is InChI=1S/C16H16ClF3O2S/c1-15(2)11(13(15)14(21)22-3)7-5-9-4-6-10(8-12(9)17)23-16(18,19)20/h4-8,11,13H,1-3H3/b7-5+. The number of carbonyl (C=O) groups is 1. The first-order chi connectivity index (χ1) is 10.6. The molecule has 23 heavy (non-hydrogen) atoms. The van der Waals surface area contributed by atoms with Crippen molar-refractivity contribution in [2.75, 3.05) is 7.11 Å². The lowest BCUT2D eigenvalue weighted by molar-refractivity contribution is -0.143. The topological polar surface area (TPSA) is 26.3 Å². The van der Waals surface area contributed by atoms with Gasteiger partial charge in [-0.05, 0) is 40.8 Å². The van der Waals surface area contributed by atoms with E-state index >= 15 is 0 Å². The summed E-state index contributed by atoms with van der Waals surface area (Å²) in [4.78, 5) is 11.7. The van der Waals surface area contributed by atoms with Gasteiger partial charge in [-0.25, -0.2) is 0 Å². The van der Waals surface area contributed by atoms with Crippen molar-refractivity contribution in [3.05, 3.63) is 34.9 Å². The Morgan fingerprint density at radius 2 is 2.04 bits per heavy atom. The van der Waals surface area contributed by atoms with Gasteiger partial charge in [0.2, 0.25) is 0 Å². The molecule has 2 rings (SSSR count). The van der Waals surface area contributed by atoms with E-state index in [2.05, 4.69) is 0 Å². The SMILES string of the molecule is COC(=O)C1C(/C=C/c2ccc(SC(F)(F)F)cc2Cl)C1(C)C. The van der Waals surface area contributed by atoms with Crippen molar-refractivity contribution in [2.24, 2.45) is 17.3 Å². The second kappa shape index (κ2) is 6.40. The predicted octanol–water partition coefficient (Wildman–Crippen LogP) is 5.41. The van der Waals surface area contributed by atoms with Gasteiger partial charge in [0.25, 0.3) is 0 Å². The van der Waals surface area contributed by atoms with Crippen molar-refractivity contribution in [1.82, 2.24) is 0 Å². The number of benzene rings is 1. The van der Waals surface area contributed by atoms with Crippen LogP contribution in [0.15, 0.2) is 29.2 Å². The molecule has 0 aromatic heterocycles. The molecule has 7 heteroatoms. The molecular weight excluding hydrogens is 349 g/mol. The highest BCUT2D eigenvalue weighted by Crippen LogP contribution is 2.59. The first kappa shape index (κ1) is 18.2. The molecule has 0 radical (unpaired) electrons. The number of ether oxygens (including phenoxy) is 1. The molecule has 2 atom stereocenters. The maximum atomic E-state index is 12.3. The number of alkyl halides is 3. The Morgan fingerprint density at radius 3 is 2.57 bits per heavy atom. The molecule has 0 N–H and O–H groups in total. The lowest BCUT2D eigenvalue weighted by Crippen LogP contribution is -2.07. The van der Waals surface area contributed by atoms with E-state index in [0.29, 0.717) is 5.56 Å². The molecule has 1 aliphatic rings. The van der Waals surface area contributed by atoms with Crippen LogP contribution in [0.4, 0.5) is 13.2 Å². The minimum absolute atomic E-state index is 0.0234. The summed E-state index contributed by atoms with van der Waals surface area (Å²) in [6, 6.07) is 4.20. The van der Waals surface area contributed by atoms with Crippen molar-refractivity contribution in [3.63, 3.8) is 0 Å². The summed E-state index contributed by atoms with van der Waals surface area (Å²) in [6.45, 7) is 3.93. The summed E-state index contributed by atoms with van der Waals surface area (Å²) in [5.41, 5.74) is -3.92. The number of carbonyl (C=O) groups excluding carboxylic acids is 1. The van der Waals surface area contributed by atoms with Gasteiger partial charge >= 0.3 is 11.5 Å². The number of esters is 1. The van der Waals surface area contributed by atoms with E-state index < -0.39 is 5.51 Å². The third-order valence-electron chi connectivity index (χ3n) is 4.05. The van der Waals surface area contributed by atoms with Gasteiger partial charge in [-0.3, -0.25) is 4.79 Å². The van der Waals surface area contributed by atoms with Crippen LogP contribution in [0, 0.1) is 17.3 Å². The van der Waals surface area contributed by atoms with E-state index in [4.69, 9.17) is 16.3 Å². The zero-order chi connectivity index (χ0) is 17.4. The van der Waals surface area contributed by atoms with Gasteiger partial charge in [0, 0.05) is 9.92 Å². The highest BCUT2D eigenvalue weighted by Gasteiger charge is 2.61. The first-order valence-electron chi connectivity index (χ1n) is 6.87. The quantitative estimate of drug-likeness (QED) is 0.527. The number of hydrogen-bond donors (Lipinski definition) is 0. The fourth-order valence-corrected chi connectivity index (χ4v) is 3.55. The molecular formula is C16H16ClF3O2S. The van der Waals surface area contributed by atoms with E-state index in [9.17, 15) is 18.0 Å². The average Bonchev–Trinajstić information content (AvgIpc) is 2.96. The molecule has 126 valence electrons. The predicted molar refractivity (Wildman–Crippen MR) is 85.2 cm³/mol. The van der Waals surface area contributed by atoms with Crippen molar-refractivity contribution in [1.29, 1.82) is 0 Å². The van der Waals surface area contributed by atoms with Crippen molar-refractivity contribution in [3.8, 4) is 0 Å². The minimum atomic E-state index is -4.34. The Labute approximate surface area is 142 Å². The van der Waals surface area contributed by atoms with Gasteiger partial charge in [0.05, 0.1) is 13.0 Å². The summed E-state index contributed by atoms with van der Waals surface area (Å²) in [6.07, 6.45) is 3.60. The minimum Gasteiger partial charge on any atom is -0.469 e. The molecule has 2 unspecified atom stereocenters. The van der Waals surface area contributed by atoms with Crippen molar-refractivity contribution in [2.45, 2.75) is 24.3 Å². The van der Waals surface area contributed by atoms with Gasteiger partial charge in [-0.2, -0.15) is 13.2 Å². The highest BCUT2D eigenvalue weighted by atomic mass is 35.5. The number of allylic oxidation sites excluding steroid dienone is 1. The van der Waals surface area contributed by atoms with E-state index in [0.717, 1.165) is 0 Å². The van der Waals surface area contributed by atoms with Gasteiger partial charge in [0.15, 0.2) is 0 Å². The molecule has 1 saturated carbocycles. The zero-order valence-electron chi connectivity index (χ0n) is 12.8. The Hall–Kier alpha value is -1.14. The second-order valence-electron chi connectivity index (χ2n) is 5.94. The van der Waals surface area contributed by atoms with Crippen LogP contribution < -0.4 is 0 Å². The monoisotopic (exact) mass is 364 g/mol. The smallest absolute Gasteiger partial charge is 0.446 e. The molecule has 0 saturated heterocycles. The molecule has 1 aromatic rings. The maximum Gasteiger partial charge on any atom is 0.446 e. The van der Waals surface area contributed by atoms with Crippen LogP contribution in [-0.2, 0) is 9.53 Å². The van der Waals surface area contributed by atoms with E-state index in [-0.39, 0.29) is 44.9 Å². The summed E-state index contributed by atoms with van der Waals surface area (Å²) >= 11 is 5.83. The number of rotatable bonds is 4. The maximum absolute atomic E-state index is 12.3. The van der Waals surface area contributed by atoms with E-state index in [1.165, 1.54) is 25.3 Å². The normalized spacial score (nSPS) is 23.1. The average molecular weight is 365 g/mol. The number of hydrogen-bond acceptors (Lipinski definition) is 3. The lowest BCUT2D eigenvalue weighted by Gasteiger charge is -2.07. The van der Waals surface area contributed by atoms with Gasteiger partial charge in [-0.15, -0.1) is 0 Å². The van der Waals surface area contributed by atoms with Crippen LogP contribution in [-0.4, -0.2) is 18.6 Å². The molecule has 0 bridgehead atoms. The Morgan fingerprint density at radius 1 is 1.39 bits per heavy atom. The number of thioether (sulfide) groups is 1. The number of halogens is 4. The van der Waals surface area contributed by atoms with Crippen LogP contribution in [0.25, 0.3) is 6.08 Å². The largest absolute Gasteiger partial charge is 0.469 e.